The molecule has 2 rings (SSSR count). The third kappa shape index (κ3) is 3.30. The van der Waals surface area contributed by atoms with Gasteiger partial charge in [0.2, 0.25) is 0 Å². The molecule has 0 N–H and O–H groups in total. The molecule has 2 unspecified atom stereocenters. The van der Waals surface area contributed by atoms with E-state index in [4.69, 9.17) is 4.74 Å². The number of ether oxygens (including phenoxy) is 1. The summed E-state index contributed by atoms with van der Waals surface area (Å²) in [5.74, 6) is 0.944. The quantitative estimate of drug-likeness (QED) is 0.557. The molecule has 76 valence electrons. The highest BCUT2D eigenvalue weighted by molar-refractivity contribution is 4.87. The van der Waals surface area contributed by atoms with E-state index in [1.54, 1.807) is 0 Å². The van der Waals surface area contributed by atoms with E-state index in [-0.39, 0.29) is 0 Å². The average Bonchev–Trinajstić information content (AvgIpc) is 2.83. The Morgan fingerprint density at radius 1 is 0.769 bits per heavy atom. The van der Waals surface area contributed by atoms with Gasteiger partial charge < -0.3 is 4.74 Å². The number of hydrogen-bond donors (Lipinski definition) is 0. The maximum Gasteiger partial charge on any atom is 0.0607 e. The van der Waals surface area contributed by atoms with Crippen LogP contribution in [0.1, 0.15) is 57.8 Å². The topological polar surface area (TPSA) is 9.23 Å². The van der Waals surface area contributed by atoms with Crippen LogP contribution in [0.3, 0.4) is 0 Å². The third-order valence-corrected chi connectivity index (χ3v) is 3.41. The SMILES string of the molecule is C1CCCCOC2CC2CCCC1. The summed E-state index contributed by atoms with van der Waals surface area (Å²) in [6.07, 6.45) is 13.4. The molecule has 0 aromatic carbocycles. The van der Waals surface area contributed by atoms with Crippen LogP contribution in [0.5, 0.6) is 0 Å². The van der Waals surface area contributed by atoms with Gasteiger partial charge in [-0.05, 0) is 25.2 Å². The second-order valence-corrected chi connectivity index (χ2v) is 4.67. The van der Waals surface area contributed by atoms with Crippen molar-refractivity contribution < 1.29 is 4.74 Å². The number of rotatable bonds is 0. The lowest BCUT2D eigenvalue weighted by Gasteiger charge is -2.06. The second-order valence-electron chi connectivity index (χ2n) is 4.67. The molecule has 1 aliphatic carbocycles. The van der Waals surface area contributed by atoms with Crippen LogP contribution in [-0.4, -0.2) is 12.7 Å². The van der Waals surface area contributed by atoms with Crippen LogP contribution in [0.15, 0.2) is 0 Å². The van der Waals surface area contributed by atoms with E-state index in [0.29, 0.717) is 6.10 Å². The highest BCUT2D eigenvalue weighted by Crippen LogP contribution is 2.38. The summed E-state index contributed by atoms with van der Waals surface area (Å²) >= 11 is 0. The van der Waals surface area contributed by atoms with Gasteiger partial charge in [0.25, 0.3) is 0 Å². The Morgan fingerprint density at radius 3 is 2.31 bits per heavy atom. The van der Waals surface area contributed by atoms with Crippen LogP contribution >= 0.6 is 0 Å². The fourth-order valence-electron chi connectivity index (χ4n) is 2.35. The summed E-state index contributed by atoms with van der Waals surface area (Å²) in [5.41, 5.74) is 0. The Hall–Kier alpha value is -0.0400. The zero-order valence-electron chi connectivity index (χ0n) is 8.63. The van der Waals surface area contributed by atoms with Gasteiger partial charge in [-0.2, -0.15) is 0 Å². The van der Waals surface area contributed by atoms with Crippen molar-refractivity contribution in [2.24, 2.45) is 5.92 Å². The van der Waals surface area contributed by atoms with Crippen molar-refractivity contribution in [2.45, 2.75) is 63.9 Å². The van der Waals surface area contributed by atoms with Gasteiger partial charge >= 0.3 is 0 Å². The maximum absolute atomic E-state index is 5.79. The summed E-state index contributed by atoms with van der Waals surface area (Å²) in [5, 5.41) is 0. The predicted molar refractivity (Wildman–Crippen MR) is 54.8 cm³/mol. The monoisotopic (exact) mass is 182 g/mol. The smallest absolute Gasteiger partial charge is 0.0607 e. The molecule has 0 amide bonds. The van der Waals surface area contributed by atoms with Crippen molar-refractivity contribution in [1.29, 1.82) is 0 Å². The Labute approximate surface area is 81.9 Å². The average molecular weight is 182 g/mol. The molecular weight excluding hydrogens is 160 g/mol. The lowest BCUT2D eigenvalue weighted by atomic mass is 10.1. The van der Waals surface area contributed by atoms with E-state index >= 15 is 0 Å². The van der Waals surface area contributed by atoms with Gasteiger partial charge in [0.05, 0.1) is 6.10 Å². The maximum atomic E-state index is 5.79. The van der Waals surface area contributed by atoms with Crippen molar-refractivity contribution in [3.05, 3.63) is 0 Å². The summed E-state index contributed by atoms with van der Waals surface area (Å²) in [7, 11) is 0. The van der Waals surface area contributed by atoms with Crippen molar-refractivity contribution in [1.82, 2.24) is 0 Å². The lowest BCUT2D eigenvalue weighted by molar-refractivity contribution is 0.103. The zero-order valence-corrected chi connectivity index (χ0v) is 8.63. The number of fused-ring (bicyclic) bond motifs is 1. The summed E-state index contributed by atoms with van der Waals surface area (Å²) in [6.45, 7) is 1.03. The minimum Gasteiger partial charge on any atom is -0.378 e. The first-order valence-electron chi connectivity index (χ1n) is 6.08. The van der Waals surface area contributed by atoms with E-state index in [2.05, 4.69) is 0 Å². The Bertz CT molecular complexity index is 128. The Balaban J connectivity index is 1.66. The molecular formula is C12H22O. The fourth-order valence-corrected chi connectivity index (χ4v) is 2.35. The fraction of sp³-hybridized carbons (Fsp3) is 1.00. The highest BCUT2D eigenvalue weighted by Gasteiger charge is 2.36. The minimum atomic E-state index is 0.666. The van der Waals surface area contributed by atoms with Crippen molar-refractivity contribution in [3.63, 3.8) is 0 Å². The Morgan fingerprint density at radius 2 is 1.46 bits per heavy atom. The molecule has 0 aromatic rings. The normalized spacial score (nSPS) is 36.9. The van der Waals surface area contributed by atoms with Gasteiger partial charge in [-0.3, -0.25) is 0 Å². The van der Waals surface area contributed by atoms with Crippen LogP contribution in [0, 0.1) is 5.92 Å². The van der Waals surface area contributed by atoms with E-state index in [9.17, 15) is 0 Å². The minimum absolute atomic E-state index is 0.666. The van der Waals surface area contributed by atoms with Gasteiger partial charge in [0.15, 0.2) is 0 Å². The predicted octanol–water partition coefficient (Wildman–Crippen LogP) is 3.53. The van der Waals surface area contributed by atoms with Crippen LogP contribution in [-0.2, 0) is 4.74 Å². The van der Waals surface area contributed by atoms with Gasteiger partial charge in [-0.1, -0.05) is 38.5 Å². The van der Waals surface area contributed by atoms with Crippen molar-refractivity contribution >= 4 is 0 Å². The second kappa shape index (κ2) is 4.99. The van der Waals surface area contributed by atoms with Gasteiger partial charge in [-0.25, -0.2) is 0 Å². The van der Waals surface area contributed by atoms with Crippen LogP contribution < -0.4 is 0 Å². The molecule has 1 aliphatic heterocycles. The summed E-state index contributed by atoms with van der Waals surface area (Å²) in [4.78, 5) is 0. The first-order chi connectivity index (χ1) is 6.47. The highest BCUT2D eigenvalue weighted by atomic mass is 16.5. The van der Waals surface area contributed by atoms with E-state index in [1.807, 2.05) is 0 Å². The molecule has 1 saturated heterocycles. The Kier molecular flexibility index (Phi) is 3.65. The molecule has 1 heteroatoms. The van der Waals surface area contributed by atoms with Gasteiger partial charge in [0, 0.05) is 6.61 Å². The summed E-state index contributed by atoms with van der Waals surface area (Å²) in [6, 6.07) is 0. The van der Waals surface area contributed by atoms with Gasteiger partial charge in [-0.15, -0.1) is 0 Å². The largest absolute Gasteiger partial charge is 0.378 e. The molecule has 0 aromatic heterocycles. The number of hydrogen-bond acceptors (Lipinski definition) is 1. The zero-order chi connectivity index (χ0) is 8.93. The first kappa shape index (κ1) is 9.51. The van der Waals surface area contributed by atoms with Crippen molar-refractivity contribution in [3.8, 4) is 0 Å². The lowest BCUT2D eigenvalue weighted by Crippen LogP contribution is -2.00. The molecule has 0 spiro atoms. The standard InChI is InChI=1S/C12H22O/c1-2-4-6-8-11-10-12(11)13-9-7-5-3-1/h11-12H,1-10H2. The molecule has 0 bridgehead atoms. The van der Waals surface area contributed by atoms with E-state index < -0.39 is 0 Å². The molecule has 1 nitrogen and oxygen atoms in total. The van der Waals surface area contributed by atoms with Crippen molar-refractivity contribution in [2.75, 3.05) is 6.61 Å². The van der Waals surface area contributed by atoms with Gasteiger partial charge in [0.1, 0.15) is 0 Å². The van der Waals surface area contributed by atoms with E-state index in [1.165, 1.54) is 57.8 Å². The molecule has 2 fully saturated rings. The molecule has 2 atom stereocenters. The first-order valence-corrected chi connectivity index (χ1v) is 6.08. The van der Waals surface area contributed by atoms with E-state index in [0.717, 1.165) is 12.5 Å². The van der Waals surface area contributed by atoms with Crippen LogP contribution in [0.25, 0.3) is 0 Å². The molecule has 0 radical (unpaired) electrons. The molecule has 2 aliphatic rings. The third-order valence-electron chi connectivity index (χ3n) is 3.41. The molecule has 1 heterocycles. The molecule has 13 heavy (non-hydrogen) atoms. The summed E-state index contributed by atoms with van der Waals surface area (Å²) < 4.78 is 5.79. The van der Waals surface area contributed by atoms with Crippen LogP contribution in [0.4, 0.5) is 0 Å². The molecule has 1 saturated carbocycles. The van der Waals surface area contributed by atoms with Crippen LogP contribution in [0.2, 0.25) is 0 Å².